The first-order valence-electron chi connectivity index (χ1n) is 1.71. The minimum Gasteiger partial charge on any atom is -0.193 e. The van der Waals surface area contributed by atoms with Crippen LogP contribution >= 0.6 is 12.6 Å². The zero-order chi connectivity index (χ0) is 5.70. The van der Waals surface area contributed by atoms with E-state index in [1.807, 2.05) is 6.07 Å². The first-order valence-corrected chi connectivity index (χ1v) is 2.16. The molecule has 0 radical (unpaired) electrons. The van der Waals surface area contributed by atoms with E-state index >= 15 is 0 Å². The molecule has 0 spiro atoms. The zero-order valence-corrected chi connectivity index (χ0v) is 4.65. The van der Waals surface area contributed by atoms with Gasteiger partial charge in [-0.15, -0.1) is 12.6 Å². The van der Waals surface area contributed by atoms with E-state index < -0.39 is 0 Å². The Balaban J connectivity index is 3.53. The highest BCUT2D eigenvalue weighted by atomic mass is 32.1. The molecule has 0 fully saturated rings. The maximum absolute atomic E-state index is 7.90. The molecule has 2 heteroatoms. The summed E-state index contributed by atoms with van der Waals surface area (Å²) in [6, 6.07) is 1.81. The molecule has 0 aromatic carbocycles. The summed E-state index contributed by atoms with van der Waals surface area (Å²) in [5.74, 6) is 0. The second-order valence-corrected chi connectivity index (χ2v) is 1.53. The van der Waals surface area contributed by atoms with Crippen LogP contribution in [0.3, 0.4) is 0 Å². The fourth-order valence-corrected chi connectivity index (χ4v) is 0.208. The van der Waals surface area contributed by atoms with E-state index in [1.165, 1.54) is 12.2 Å². The first-order chi connectivity index (χ1) is 3.27. The van der Waals surface area contributed by atoms with Gasteiger partial charge in [-0.3, -0.25) is 0 Å². The number of nitrogens with zero attached hydrogens (tertiary/aromatic N) is 1. The molecule has 0 amide bonds. The highest BCUT2D eigenvalue weighted by Crippen LogP contribution is 1.94. The van der Waals surface area contributed by atoms with Crippen molar-refractivity contribution >= 4 is 12.6 Å². The molecular weight excluding hydrogens is 106 g/mol. The monoisotopic (exact) mass is 111 g/mol. The summed E-state index contributed by atoms with van der Waals surface area (Å²) >= 11 is 3.80. The van der Waals surface area contributed by atoms with Crippen LogP contribution in [0.1, 0.15) is 0 Å². The minimum atomic E-state index is 0.599. The van der Waals surface area contributed by atoms with Crippen LogP contribution in [0.5, 0.6) is 0 Å². The number of rotatable bonds is 1. The molecule has 7 heavy (non-hydrogen) atoms. The van der Waals surface area contributed by atoms with Crippen molar-refractivity contribution in [2.75, 3.05) is 0 Å². The lowest BCUT2D eigenvalue weighted by atomic mass is 10.5. The van der Waals surface area contributed by atoms with Crippen molar-refractivity contribution < 1.29 is 0 Å². The third kappa shape index (κ3) is 5.32. The minimum absolute atomic E-state index is 0.599. The van der Waals surface area contributed by atoms with Gasteiger partial charge in [0.1, 0.15) is 0 Å². The van der Waals surface area contributed by atoms with E-state index in [1.54, 1.807) is 0 Å². The summed E-state index contributed by atoms with van der Waals surface area (Å²) in [5, 5.41) is 7.90. The lowest BCUT2D eigenvalue weighted by Crippen LogP contribution is -1.51. The Hall–Kier alpha value is -0.680. The Kier molecular flexibility index (Phi) is 3.17. The van der Waals surface area contributed by atoms with Crippen molar-refractivity contribution in [3.63, 3.8) is 0 Å². The zero-order valence-electron chi connectivity index (χ0n) is 3.76. The molecular formula is C5H5NS. The summed E-state index contributed by atoms with van der Waals surface area (Å²) < 4.78 is 0. The Morgan fingerprint density at radius 1 is 1.86 bits per heavy atom. The number of nitriles is 1. The van der Waals surface area contributed by atoms with Crippen LogP contribution in [0.15, 0.2) is 23.6 Å². The van der Waals surface area contributed by atoms with Crippen molar-refractivity contribution in [1.29, 1.82) is 5.26 Å². The molecule has 0 aromatic heterocycles. The van der Waals surface area contributed by atoms with Crippen molar-refractivity contribution in [2.24, 2.45) is 0 Å². The van der Waals surface area contributed by atoms with E-state index in [2.05, 4.69) is 19.2 Å². The van der Waals surface area contributed by atoms with Gasteiger partial charge in [0.2, 0.25) is 0 Å². The summed E-state index contributed by atoms with van der Waals surface area (Å²) in [4.78, 5) is 0.599. The van der Waals surface area contributed by atoms with Gasteiger partial charge in [-0.1, -0.05) is 6.58 Å². The van der Waals surface area contributed by atoms with Gasteiger partial charge in [0.15, 0.2) is 0 Å². The SMILES string of the molecule is C=C(S)/C=C/C#N. The molecule has 0 aromatic rings. The average molecular weight is 111 g/mol. The number of thiol groups is 1. The summed E-state index contributed by atoms with van der Waals surface area (Å²) in [5.41, 5.74) is 0. The summed E-state index contributed by atoms with van der Waals surface area (Å²) in [6.45, 7) is 3.42. The van der Waals surface area contributed by atoms with Crippen molar-refractivity contribution in [3.8, 4) is 6.07 Å². The maximum Gasteiger partial charge on any atom is 0.0912 e. The van der Waals surface area contributed by atoms with Crippen LogP contribution in [-0.4, -0.2) is 0 Å². The van der Waals surface area contributed by atoms with Crippen molar-refractivity contribution in [3.05, 3.63) is 23.6 Å². The highest BCUT2D eigenvalue weighted by Gasteiger charge is 1.68. The Bertz CT molecular complexity index is 130. The largest absolute Gasteiger partial charge is 0.193 e. The molecule has 0 saturated heterocycles. The number of allylic oxidation sites excluding steroid dienone is 2. The van der Waals surface area contributed by atoms with E-state index in [4.69, 9.17) is 5.26 Å². The van der Waals surface area contributed by atoms with Gasteiger partial charge in [-0.2, -0.15) is 5.26 Å². The summed E-state index contributed by atoms with van der Waals surface area (Å²) in [6.07, 6.45) is 2.86. The van der Waals surface area contributed by atoms with Crippen LogP contribution in [-0.2, 0) is 0 Å². The quantitative estimate of drug-likeness (QED) is 0.309. The molecule has 0 aliphatic heterocycles. The Morgan fingerprint density at radius 3 is 2.57 bits per heavy atom. The molecule has 36 valence electrons. The second-order valence-electron chi connectivity index (χ2n) is 0.954. The highest BCUT2D eigenvalue weighted by molar-refractivity contribution is 7.84. The molecule has 0 aliphatic rings. The third-order valence-electron chi connectivity index (χ3n) is 0.350. The maximum atomic E-state index is 7.90. The predicted octanol–water partition coefficient (Wildman–Crippen LogP) is 1.51. The lowest BCUT2D eigenvalue weighted by molar-refractivity contribution is 1.53. The predicted molar refractivity (Wildman–Crippen MR) is 32.9 cm³/mol. The molecule has 0 atom stereocenters. The molecule has 0 heterocycles. The second kappa shape index (κ2) is 3.51. The van der Waals surface area contributed by atoms with Crippen LogP contribution < -0.4 is 0 Å². The van der Waals surface area contributed by atoms with Crippen molar-refractivity contribution in [1.82, 2.24) is 0 Å². The van der Waals surface area contributed by atoms with Gasteiger partial charge in [0.05, 0.1) is 6.07 Å². The third-order valence-corrected chi connectivity index (χ3v) is 0.499. The summed E-state index contributed by atoms with van der Waals surface area (Å²) in [7, 11) is 0. The smallest absolute Gasteiger partial charge is 0.0912 e. The van der Waals surface area contributed by atoms with Gasteiger partial charge in [0, 0.05) is 6.08 Å². The topological polar surface area (TPSA) is 23.8 Å². The van der Waals surface area contributed by atoms with Gasteiger partial charge in [-0.05, 0) is 11.0 Å². The van der Waals surface area contributed by atoms with Gasteiger partial charge in [0.25, 0.3) is 0 Å². The van der Waals surface area contributed by atoms with Crippen LogP contribution in [0.4, 0.5) is 0 Å². The van der Waals surface area contributed by atoms with E-state index in [-0.39, 0.29) is 0 Å². The fraction of sp³-hybridized carbons (Fsp3) is 0. The molecule has 0 saturated carbocycles. The standard InChI is InChI=1S/C5H5NS/c1-5(7)3-2-4-6/h2-3,7H,1H2/b3-2+. The molecule has 0 bridgehead atoms. The van der Waals surface area contributed by atoms with Crippen molar-refractivity contribution in [2.45, 2.75) is 0 Å². The molecule has 0 unspecified atom stereocenters. The van der Waals surface area contributed by atoms with E-state index in [0.29, 0.717) is 4.91 Å². The van der Waals surface area contributed by atoms with Crippen LogP contribution in [0.25, 0.3) is 0 Å². The van der Waals surface area contributed by atoms with E-state index in [9.17, 15) is 0 Å². The normalized spacial score (nSPS) is 8.57. The fourth-order valence-electron chi connectivity index (χ4n) is 0.133. The Labute approximate surface area is 48.4 Å². The molecule has 1 nitrogen and oxygen atoms in total. The molecule has 0 N–H and O–H groups in total. The molecule has 0 aliphatic carbocycles. The lowest BCUT2D eigenvalue weighted by Gasteiger charge is -1.73. The van der Waals surface area contributed by atoms with Gasteiger partial charge < -0.3 is 0 Å². The Morgan fingerprint density at radius 2 is 2.43 bits per heavy atom. The van der Waals surface area contributed by atoms with Gasteiger partial charge >= 0.3 is 0 Å². The first kappa shape index (κ1) is 6.32. The molecule has 0 rings (SSSR count). The van der Waals surface area contributed by atoms with Gasteiger partial charge in [-0.25, -0.2) is 0 Å². The number of hydrogen-bond acceptors (Lipinski definition) is 2. The number of hydrogen-bond donors (Lipinski definition) is 1. The average Bonchev–Trinajstić information content (AvgIpc) is 1.61. The van der Waals surface area contributed by atoms with E-state index in [0.717, 1.165) is 0 Å². The van der Waals surface area contributed by atoms with Crippen LogP contribution in [0, 0.1) is 11.3 Å². The van der Waals surface area contributed by atoms with Crippen LogP contribution in [0.2, 0.25) is 0 Å².